The minimum Gasteiger partial charge on any atom is -0.480 e. The average molecular weight is 312 g/mol. The Kier molecular flexibility index (Phi) is 7.84. The maximum atomic E-state index is 11.5. The fourth-order valence-corrected chi connectivity index (χ4v) is 2.88. The molecule has 0 aromatic heterocycles. The van der Waals surface area contributed by atoms with E-state index in [0.717, 1.165) is 6.26 Å². The molecule has 0 aliphatic carbocycles. The zero-order chi connectivity index (χ0) is 15.1. The van der Waals surface area contributed by atoms with Gasteiger partial charge in [0.05, 0.1) is 5.75 Å². The smallest absolute Gasteiger partial charge is 0.326 e. The van der Waals surface area contributed by atoms with Crippen LogP contribution < -0.4 is 10.6 Å². The van der Waals surface area contributed by atoms with Gasteiger partial charge in [0.25, 0.3) is 0 Å². The highest BCUT2D eigenvalue weighted by molar-refractivity contribution is 7.98. The van der Waals surface area contributed by atoms with Crippen molar-refractivity contribution in [2.75, 3.05) is 24.0 Å². The van der Waals surface area contributed by atoms with Gasteiger partial charge in [0.1, 0.15) is 15.9 Å². The average Bonchev–Trinajstić information content (AvgIpc) is 2.20. The summed E-state index contributed by atoms with van der Waals surface area (Å²) in [7, 11) is -3.19. The van der Waals surface area contributed by atoms with Gasteiger partial charge in [0, 0.05) is 12.3 Å². The summed E-state index contributed by atoms with van der Waals surface area (Å²) in [5.41, 5.74) is 0. The van der Waals surface area contributed by atoms with E-state index in [0.29, 0.717) is 12.2 Å². The van der Waals surface area contributed by atoms with Gasteiger partial charge in [-0.3, -0.25) is 0 Å². The maximum absolute atomic E-state index is 11.5. The van der Waals surface area contributed by atoms with Crippen molar-refractivity contribution in [2.45, 2.75) is 25.4 Å². The number of sulfone groups is 1. The number of amides is 2. The fraction of sp³-hybridized carbons (Fsp3) is 0.800. The van der Waals surface area contributed by atoms with Crippen LogP contribution in [0.3, 0.4) is 0 Å². The molecule has 0 heterocycles. The number of carboxylic acids is 1. The van der Waals surface area contributed by atoms with Crippen molar-refractivity contribution < 1.29 is 23.1 Å². The van der Waals surface area contributed by atoms with E-state index < -0.39 is 33.9 Å². The number of carbonyl (C=O) groups is 2. The molecule has 9 heteroatoms. The first kappa shape index (κ1) is 18.0. The van der Waals surface area contributed by atoms with Crippen LogP contribution in [0, 0.1) is 0 Å². The van der Waals surface area contributed by atoms with Crippen LogP contribution in [0.1, 0.15) is 13.3 Å². The van der Waals surface area contributed by atoms with Crippen LogP contribution in [0.5, 0.6) is 0 Å². The molecule has 0 aromatic rings. The first-order valence-corrected chi connectivity index (χ1v) is 9.07. The molecule has 0 spiro atoms. The second-order valence-electron chi connectivity index (χ2n) is 4.28. The van der Waals surface area contributed by atoms with Gasteiger partial charge in [-0.25, -0.2) is 18.0 Å². The van der Waals surface area contributed by atoms with Crippen molar-refractivity contribution in [3.8, 4) is 0 Å². The molecule has 1 unspecified atom stereocenters. The van der Waals surface area contributed by atoms with Gasteiger partial charge in [0.2, 0.25) is 0 Å². The zero-order valence-electron chi connectivity index (χ0n) is 11.2. The maximum Gasteiger partial charge on any atom is 0.326 e. The molecule has 2 atom stereocenters. The van der Waals surface area contributed by atoms with Crippen LogP contribution in [-0.2, 0) is 14.6 Å². The van der Waals surface area contributed by atoms with Gasteiger partial charge in [-0.05, 0) is 25.4 Å². The Morgan fingerprint density at radius 1 is 1.32 bits per heavy atom. The third-order valence-corrected chi connectivity index (χ3v) is 3.89. The summed E-state index contributed by atoms with van der Waals surface area (Å²) in [6.45, 7) is 1.54. The number of carboxylic acid groups (broad SMARTS) is 1. The van der Waals surface area contributed by atoms with Crippen molar-refractivity contribution in [1.29, 1.82) is 0 Å². The monoisotopic (exact) mass is 312 g/mol. The van der Waals surface area contributed by atoms with Crippen LogP contribution in [0.4, 0.5) is 4.79 Å². The number of aliphatic carboxylic acids is 1. The number of thioether (sulfide) groups is 1. The number of hydrogen-bond acceptors (Lipinski definition) is 5. The Hall–Kier alpha value is -0.960. The van der Waals surface area contributed by atoms with Crippen molar-refractivity contribution in [2.24, 2.45) is 0 Å². The predicted molar refractivity (Wildman–Crippen MR) is 75.3 cm³/mol. The lowest BCUT2D eigenvalue weighted by molar-refractivity contribution is -0.139. The van der Waals surface area contributed by atoms with Crippen LogP contribution >= 0.6 is 11.8 Å². The van der Waals surface area contributed by atoms with E-state index in [9.17, 15) is 18.0 Å². The summed E-state index contributed by atoms with van der Waals surface area (Å²) in [5.74, 6) is -0.695. The molecule has 0 radical (unpaired) electrons. The standard InChI is InChI=1S/C10H20N2O5S2/c1-7(6-19(3,16)17)11-10(15)12-8(9(13)14)4-5-18-2/h7-8H,4-6H2,1-3H3,(H,13,14)(H2,11,12,15)/t7?,8-/m1/s1. The second-order valence-corrected chi connectivity index (χ2v) is 7.45. The Morgan fingerprint density at radius 3 is 2.32 bits per heavy atom. The molecule has 0 aliphatic rings. The first-order chi connectivity index (χ1) is 8.65. The lowest BCUT2D eigenvalue weighted by atomic mass is 10.2. The Morgan fingerprint density at radius 2 is 1.89 bits per heavy atom. The highest BCUT2D eigenvalue weighted by Gasteiger charge is 2.20. The molecule has 19 heavy (non-hydrogen) atoms. The van der Waals surface area contributed by atoms with E-state index >= 15 is 0 Å². The Labute approximate surface area is 117 Å². The summed E-state index contributed by atoms with van der Waals surface area (Å²) in [6.07, 6.45) is 3.22. The van der Waals surface area contributed by atoms with Gasteiger partial charge in [-0.15, -0.1) is 0 Å². The van der Waals surface area contributed by atoms with Crippen LogP contribution in [0.25, 0.3) is 0 Å². The van der Waals surface area contributed by atoms with Gasteiger partial charge >= 0.3 is 12.0 Å². The van der Waals surface area contributed by atoms with Gasteiger partial charge in [-0.2, -0.15) is 11.8 Å². The molecule has 3 N–H and O–H groups in total. The minimum absolute atomic E-state index is 0.191. The van der Waals surface area contributed by atoms with E-state index in [1.165, 1.54) is 18.7 Å². The molecule has 0 bridgehead atoms. The van der Waals surface area contributed by atoms with Crippen LogP contribution in [0.2, 0.25) is 0 Å². The highest BCUT2D eigenvalue weighted by atomic mass is 32.2. The lowest BCUT2D eigenvalue weighted by Gasteiger charge is -2.17. The van der Waals surface area contributed by atoms with E-state index in [4.69, 9.17) is 5.11 Å². The van der Waals surface area contributed by atoms with E-state index in [-0.39, 0.29) is 5.75 Å². The molecule has 2 amide bonds. The van der Waals surface area contributed by atoms with Crippen molar-refractivity contribution in [3.63, 3.8) is 0 Å². The molecule has 0 fully saturated rings. The molecular formula is C10H20N2O5S2. The SMILES string of the molecule is CSCC[C@@H](NC(=O)NC(C)CS(C)(=O)=O)C(=O)O. The number of rotatable bonds is 8. The van der Waals surface area contributed by atoms with Gasteiger partial charge < -0.3 is 15.7 Å². The van der Waals surface area contributed by atoms with Gasteiger partial charge in [0.15, 0.2) is 0 Å². The summed E-state index contributed by atoms with van der Waals surface area (Å²) in [4.78, 5) is 22.4. The summed E-state index contributed by atoms with van der Waals surface area (Å²) in [6, 6.07) is -2.23. The number of nitrogens with one attached hydrogen (secondary N) is 2. The van der Waals surface area contributed by atoms with E-state index in [1.807, 2.05) is 6.26 Å². The number of hydrogen-bond donors (Lipinski definition) is 3. The van der Waals surface area contributed by atoms with E-state index in [2.05, 4.69) is 10.6 Å². The molecular weight excluding hydrogens is 292 g/mol. The molecule has 0 rings (SSSR count). The lowest BCUT2D eigenvalue weighted by Crippen LogP contribution is -2.49. The Balaban J connectivity index is 4.30. The number of carbonyl (C=O) groups excluding carboxylic acids is 1. The third-order valence-electron chi connectivity index (χ3n) is 2.14. The van der Waals surface area contributed by atoms with Crippen molar-refractivity contribution >= 4 is 33.6 Å². The summed E-state index contributed by atoms with van der Waals surface area (Å²) >= 11 is 1.48. The highest BCUT2D eigenvalue weighted by Crippen LogP contribution is 2.01. The van der Waals surface area contributed by atoms with Crippen LogP contribution in [0.15, 0.2) is 0 Å². The fourth-order valence-electron chi connectivity index (χ4n) is 1.41. The molecule has 7 nitrogen and oxygen atoms in total. The van der Waals surface area contributed by atoms with Crippen molar-refractivity contribution in [3.05, 3.63) is 0 Å². The predicted octanol–water partition coefficient (Wildman–Crippen LogP) is -0.0750. The topological polar surface area (TPSA) is 113 Å². The molecule has 112 valence electrons. The summed E-state index contributed by atoms with van der Waals surface area (Å²) < 4.78 is 22.1. The zero-order valence-corrected chi connectivity index (χ0v) is 12.8. The second kappa shape index (κ2) is 8.26. The molecule has 0 saturated heterocycles. The minimum atomic E-state index is -3.19. The molecule has 0 aliphatic heterocycles. The van der Waals surface area contributed by atoms with Crippen molar-refractivity contribution in [1.82, 2.24) is 10.6 Å². The van der Waals surface area contributed by atoms with E-state index in [1.54, 1.807) is 0 Å². The Bertz CT molecular complexity index is 410. The first-order valence-electron chi connectivity index (χ1n) is 5.62. The van der Waals surface area contributed by atoms with Crippen LogP contribution in [-0.4, -0.2) is 61.6 Å². The number of urea groups is 1. The molecule has 0 aromatic carbocycles. The molecule has 0 saturated carbocycles. The third kappa shape index (κ3) is 9.60. The summed E-state index contributed by atoms with van der Waals surface area (Å²) in [5, 5.41) is 13.6. The normalized spacial score (nSPS) is 14.5. The quantitative estimate of drug-likeness (QED) is 0.578. The van der Waals surface area contributed by atoms with Gasteiger partial charge in [-0.1, -0.05) is 0 Å². The largest absolute Gasteiger partial charge is 0.480 e.